The third kappa shape index (κ3) is 4.30. The van der Waals surface area contributed by atoms with E-state index in [9.17, 15) is 9.59 Å². The first kappa shape index (κ1) is 14.5. The summed E-state index contributed by atoms with van der Waals surface area (Å²) in [6.45, 7) is 0.332. The van der Waals surface area contributed by atoms with Crippen molar-refractivity contribution in [2.24, 2.45) is 0 Å². The average Bonchev–Trinajstić information content (AvgIpc) is 2.84. The fraction of sp³-hybridized carbons (Fsp3) is 0.231. The summed E-state index contributed by atoms with van der Waals surface area (Å²) in [5.41, 5.74) is 6.09. The predicted molar refractivity (Wildman–Crippen MR) is 72.5 cm³/mol. The van der Waals surface area contributed by atoms with Gasteiger partial charge in [0.15, 0.2) is 0 Å². The van der Waals surface area contributed by atoms with E-state index in [1.165, 1.54) is 12.1 Å². The van der Waals surface area contributed by atoms with Gasteiger partial charge in [-0.3, -0.25) is 4.79 Å². The lowest BCUT2D eigenvalue weighted by molar-refractivity contribution is -0.120. The van der Waals surface area contributed by atoms with E-state index in [2.05, 4.69) is 15.5 Å². The summed E-state index contributed by atoms with van der Waals surface area (Å²) in [6, 6.07) is 6.25. The number of nitrogens with two attached hydrogens (primary N) is 1. The predicted octanol–water partition coefficient (Wildman–Crippen LogP) is 0.251. The first-order valence-electron chi connectivity index (χ1n) is 6.21. The summed E-state index contributed by atoms with van der Waals surface area (Å²) in [5.74, 6) is -0.834. The molecule has 0 fully saturated rings. The Morgan fingerprint density at radius 1 is 1.38 bits per heavy atom. The van der Waals surface area contributed by atoms with Gasteiger partial charge in [-0.1, -0.05) is 12.1 Å². The number of carboxylic acids is 1. The Kier molecular flexibility index (Phi) is 4.50. The van der Waals surface area contributed by atoms with Crippen molar-refractivity contribution >= 4 is 17.8 Å². The molecule has 0 aliphatic heterocycles. The molecule has 2 rings (SSSR count). The Morgan fingerprint density at radius 3 is 2.86 bits per heavy atom. The van der Waals surface area contributed by atoms with Crippen LogP contribution < -0.4 is 11.1 Å². The molecular formula is C13H14N4O4. The molecule has 0 bridgehead atoms. The van der Waals surface area contributed by atoms with E-state index >= 15 is 0 Å². The van der Waals surface area contributed by atoms with Crippen LogP contribution in [0.4, 0.5) is 5.95 Å². The Balaban J connectivity index is 1.81. The van der Waals surface area contributed by atoms with Crippen LogP contribution in [0, 0.1) is 0 Å². The van der Waals surface area contributed by atoms with Crippen LogP contribution in [0.15, 0.2) is 28.8 Å². The van der Waals surface area contributed by atoms with Crippen molar-refractivity contribution in [1.29, 1.82) is 0 Å². The van der Waals surface area contributed by atoms with Gasteiger partial charge in [0.25, 0.3) is 5.95 Å². The molecule has 21 heavy (non-hydrogen) atoms. The second-order valence-electron chi connectivity index (χ2n) is 4.33. The van der Waals surface area contributed by atoms with Crippen LogP contribution in [-0.2, 0) is 17.6 Å². The van der Waals surface area contributed by atoms with Crippen molar-refractivity contribution in [3.8, 4) is 0 Å². The minimum atomic E-state index is -1.02. The van der Waals surface area contributed by atoms with E-state index in [-0.39, 0.29) is 23.8 Å². The molecule has 8 heteroatoms. The summed E-state index contributed by atoms with van der Waals surface area (Å²) < 4.78 is 4.80. The number of nitrogens with one attached hydrogen (secondary N) is 1. The zero-order valence-electron chi connectivity index (χ0n) is 11.1. The SMILES string of the molecule is Nc1noc(CCNC(=O)Cc2cccc(C(=O)O)c2)n1. The number of carboxylic acid groups (broad SMARTS) is 1. The molecule has 0 aliphatic carbocycles. The highest BCUT2D eigenvalue weighted by molar-refractivity contribution is 5.88. The van der Waals surface area contributed by atoms with Crippen LogP contribution in [0.2, 0.25) is 0 Å². The molecule has 0 saturated carbocycles. The molecular weight excluding hydrogens is 276 g/mol. The van der Waals surface area contributed by atoms with Crippen molar-refractivity contribution in [3.05, 3.63) is 41.3 Å². The number of carbonyl (C=O) groups is 2. The van der Waals surface area contributed by atoms with E-state index in [4.69, 9.17) is 15.4 Å². The molecule has 8 nitrogen and oxygen atoms in total. The van der Waals surface area contributed by atoms with Crippen molar-refractivity contribution in [1.82, 2.24) is 15.5 Å². The van der Waals surface area contributed by atoms with Crippen LogP contribution >= 0.6 is 0 Å². The molecule has 0 unspecified atom stereocenters. The van der Waals surface area contributed by atoms with Gasteiger partial charge in [0.2, 0.25) is 11.8 Å². The van der Waals surface area contributed by atoms with Crippen LogP contribution in [0.1, 0.15) is 21.8 Å². The van der Waals surface area contributed by atoms with Crippen LogP contribution in [-0.4, -0.2) is 33.7 Å². The molecule has 0 radical (unpaired) electrons. The van der Waals surface area contributed by atoms with Crippen molar-refractivity contribution in [2.75, 3.05) is 12.3 Å². The number of hydrogen-bond acceptors (Lipinski definition) is 6. The third-order valence-electron chi connectivity index (χ3n) is 2.68. The van der Waals surface area contributed by atoms with Crippen molar-refractivity contribution < 1.29 is 19.2 Å². The fourth-order valence-electron chi connectivity index (χ4n) is 1.74. The molecule has 0 aliphatic rings. The lowest BCUT2D eigenvalue weighted by atomic mass is 10.1. The fourth-order valence-corrected chi connectivity index (χ4v) is 1.74. The van der Waals surface area contributed by atoms with E-state index in [0.717, 1.165) is 0 Å². The van der Waals surface area contributed by atoms with Gasteiger partial charge in [-0.15, -0.1) is 0 Å². The molecule has 110 valence electrons. The smallest absolute Gasteiger partial charge is 0.335 e. The topological polar surface area (TPSA) is 131 Å². The molecule has 1 aromatic heterocycles. The zero-order chi connectivity index (χ0) is 15.2. The number of anilines is 1. The van der Waals surface area contributed by atoms with Crippen molar-refractivity contribution in [2.45, 2.75) is 12.8 Å². The Hall–Kier alpha value is -2.90. The van der Waals surface area contributed by atoms with Gasteiger partial charge in [-0.25, -0.2) is 4.79 Å². The Morgan fingerprint density at radius 2 is 2.19 bits per heavy atom. The number of hydrogen-bond donors (Lipinski definition) is 3. The number of aromatic carboxylic acids is 1. The largest absolute Gasteiger partial charge is 0.478 e. The van der Waals surface area contributed by atoms with Gasteiger partial charge < -0.3 is 20.7 Å². The molecule has 2 aromatic rings. The van der Waals surface area contributed by atoms with Crippen LogP contribution in [0.25, 0.3) is 0 Å². The molecule has 1 heterocycles. The van der Waals surface area contributed by atoms with E-state index in [1.54, 1.807) is 12.1 Å². The Bertz CT molecular complexity index is 653. The number of carbonyl (C=O) groups excluding carboxylic acids is 1. The lowest BCUT2D eigenvalue weighted by Crippen LogP contribution is -2.27. The average molecular weight is 290 g/mol. The van der Waals surface area contributed by atoms with Gasteiger partial charge >= 0.3 is 5.97 Å². The van der Waals surface area contributed by atoms with E-state index in [1.807, 2.05) is 0 Å². The molecule has 4 N–H and O–H groups in total. The summed E-state index contributed by atoms with van der Waals surface area (Å²) in [7, 11) is 0. The highest BCUT2D eigenvalue weighted by Gasteiger charge is 2.08. The van der Waals surface area contributed by atoms with E-state index in [0.29, 0.717) is 24.4 Å². The summed E-state index contributed by atoms with van der Waals surface area (Å²) in [6.07, 6.45) is 0.484. The zero-order valence-corrected chi connectivity index (χ0v) is 11.1. The molecule has 0 saturated heterocycles. The maximum absolute atomic E-state index is 11.7. The highest BCUT2D eigenvalue weighted by Crippen LogP contribution is 2.06. The molecule has 0 atom stereocenters. The maximum Gasteiger partial charge on any atom is 0.335 e. The standard InChI is InChI=1S/C13H14N4O4/c14-13-16-11(21-17-13)4-5-15-10(18)7-8-2-1-3-9(6-8)12(19)20/h1-3,6H,4-5,7H2,(H2,14,17)(H,15,18)(H,19,20). The maximum atomic E-state index is 11.7. The van der Waals surface area contributed by atoms with Crippen molar-refractivity contribution in [3.63, 3.8) is 0 Å². The number of amides is 1. The number of aromatic nitrogens is 2. The molecule has 1 aromatic carbocycles. The number of nitrogens with zero attached hydrogens (tertiary/aromatic N) is 2. The summed E-state index contributed by atoms with van der Waals surface area (Å²) in [5, 5.41) is 15.0. The second kappa shape index (κ2) is 6.51. The minimum absolute atomic E-state index is 0.0572. The second-order valence-corrected chi connectivity index (χ2v) is 4.33. The lowest BCUT2D eigenvalue weighted by Gasteiger charge is -2.04. The monoisotopic (exact) mass is 290 g/mol. The van der Waals surface area contributed by atoms with Gasteiger partial charge in [-0.2, -0.15) is 4.98 Å². The number of rotatable bonds is 6. The number of benzene rings is 1. The molecule has 0 spiro atoms. The Labute approximate surface area is 120 Å². The normalized spacial score (nSPS) is 10.3. The van der Waals surface area contributed by atoms with Gasteiger partial charge in [-0.05, 0) is 22.9 Å². The minimum Gasteiger partial charge on any atom is -0.478 e. The van der Waals surface area contributed by atoms with Gasteiger partial charge in [0.05, 0.1) is 12.0 Å². The van der Waals surface area contributed by atoms with E-state index < -0.39 is 5.97 Å². The first-order valence-corrected chi connectivity index (χ1v) is 6.21. The van der Waals surface area contributed by atoms with Crippen LogP contribution in [0.5, 0.6) is 0 Å². The van der Waals surface area contributed by atoms with Crippen LogP contribution in [0.3, 0.4) is 0 Å². The summed E-state index contributed by atoms with van der Waals surface area (Å²) >= 11 is 0. The molecule has 1 amide bonds. The third-order valence-corrected chi connectivity index (χ3v) is 2.68. The quantitative estimate of drug-likeness (QED) is 0.694. The van der Waals surface area contributed by atoms with Gasteiger partial charge in [0.1, 0.15) is 0 Å². The number of nitrogen functional groups attached to an aromatic ring is 1. The van der Waals surface area contributed by atoms with Gasteiger partial charge in [0, 0.05) is 13.0 Å². The highest BCUT2D eigenvalue weighted by atomic mass is 16.5. The summed E-state index contributed by atoms with van der Waals surface area (Å²) in [4.78, 5) is 26.4. The first-order chi connectivity index (χ1) is 10.0.